The fraction of sp³-hybridized carbons (Fsp3) is 0.200. The normalized spacial score (nSPS) is 11.1. The summed E-state index contributed by atoms with van der Waals surface area (Å²) in [6, 6.07) is 5.38. The maximum Gasteiger partial charge on any atom is 0.147 e. The molecule has 5 nitrogen and oxygen atoms in total. The number of ether oxygens (including phenoxy) is 1. The minimum absolute atomic E-state index is 0.369. The number of aryl methyl sites for hydroxylation is 1. The van der Waals surface area contributed by atoms with Gasteiger partial charge in [-0.1, -0.05) is 23.2 Å². The zero-order chi connectivity index (χ0) is 15.9. The molecule has 0 aliphatic rings. The molecule has 0 atom stereocenters. The molecule has 0 amide bonds. The second-order valence-electron chi connectivity index (χ2n) is 4.71. The Morgan fingerprint density at radius 2 is 2.05 bits per heavy atom. The first-order valence-electron chi connectivity index (χ1n) is 6.70. The van der Waals surface area contributed by atoms with Crippen molar-refractivity contribution < 1.29 is 4.74 Å². The Morgan fingerprint density at radius 3 is 2.73 bits per heavy atom. The van der Waals surface area contributed by atoms with Gasteiger partial charge in [0.25, 0.3) is 0 Å². The van der Waals surface area contributed by atoms with Gasteiger partial charge in [-0.2, -0.15) is 0 Å². The van der Waals surface area contributed by atoms with Crippen molar-refractivity contribution in [3.63, 3.8) is 0 Å². The number of hydrogen-bond donors (Lipinski definition) is 1. The zero-order valence-electron chi connectivity index (χ0n) is 12.1. The Hall–Kier alpha value is -1.98. The molecule has 0 bridgehead atoms. The van der Waals surface area contributed by atoms with Crippen molar-refractivity contribution in [3.05, 3.63) is 34.7 Å². The molecule has 1 aromatic carbocycles. The third-order valence-corrected chi connectivity index (χ3v) is 4.29. The molecule has 2 aromatic heterocycles. The van der Waals surface area contributed by atoms with Crippen LogP contribution in [0.2, 0.25) is 10.2 Å². The zero-order valence-corrected chi connectivity index (χ0v) is 13.6. The summed E-state index contributed by atoms with van der Waals surface area (Å²) < 4.78 is 7.15. The van der Waals surface area contributed by atoms with Crippen LogP contribution in [0.4, 0.5) is 5.82 Å². The second-order valence-corrected chi connectivity index (χ2v) is 5.48. The maximum absolute atomic E-state index is 6.57. The van der Waals surface area contributed by atoms with Crippen LogP contribution >= 0.6 is 23.2 Å². The smallest absolute Gasteiger partial charge is 0.147 e. The summed E-state index contributed by atoms with van der Waals surface area (Å²) in [5.41, 5.74) is 8.21. The first kappa shape index (κ1) is 14.9. The van der Waals surface area contributed by atoms with Crippen molar-refractivity contribution in [2.24, 2.45) is 0 Å². The van der Waals surface area contributed by atoms with Gasteiger partial charge >= 0.3 is 0 Å². The van der Waals surface area contributed by atoms with E-state index in [2.05, 4.69) is 9.97 Å². The number of halogens is 2. The largest absolute Gasteiger partial charge is 0.497 e. The van der Waals surface area contributed by atoms with Crippen molar-refractivity contribution in [2.45, 2.75) is 13.5 Å². The molecular weight excluding hydrogens is 323 g/mol. The number of aromatic nitrogens is 3. The number of nitrogens with two attached hydrogens (primary N) is 1. The van der Waals surface area contributed by atoms with Gasteiger partial charge in [-0.25, -0.2) is 9.97 Å². The molecule has 7 heteroatoms. The van der Waals surface area contributed by atoms with Crippen LogP contribution in [-0.2, 0) is 6.54 Å². The number of nitrogens with zero attached hydrogens (tertiary/aromatic N) is 3. The third kappa shape index (κ3) is 2.17. The Labute approximate surface area is 137 Å². The van der Waals surface area contributed by atoms with Crippen molar-refractivity contribution in [3.8, 4) is 16.9 Å². The number of anilines is 1. The third-order valence-electron chi connectivity index (χ3n) is 3.56. The lowest BCUT2D eigenvalue weighted by molar-refractivity contribution is 0.415. The van der Waals surface area contributed by atoms with E-state index in [0.717, 1.165) is 11.1 Å². The molecule has 3 rings (SSSR count). The Balaban J connectivity index is 2.43. The van der Waals surface area contributed by atoms with Gasteiger partial charge in [-0.3, -0.25) is 0 Å². The number of benzene rings is 1. The molecule has 0 fully saturated rings. The highest BCUT2D eigenvalue weighted by Crippen LogP contribution is 2.43. The van der Waals surface area contributed by atoms with E-state index in [1.54, 1.807) is 19.2 Å². The minimum Gasteiger partial charge on any atom is -0.497 e. The van der Waals surface area contributed by atoms with E-state index < -0.39 is 0 Å². The van der Waals surface area contributed by atoms with Crippen molar-refractivity contribution in [2.75, 3.05) is 12.8 Å². The van der Waals surface area contributed by atoms with E-state index in [1.165, 1.54) is 6.33 Å². The number of rotatable bonds is 3. The Morgan fingerprint density at radius 1 is 1.27 bits per heavy atom. The van der Waals surface area contributed by atoms with E-state index in [9.17, 15) is 0 Å². The van der Waals surface area contributed by atoms with E-state index in [0.29, 0.717) is 39.3 Å². The van der Waals surface area contributed by atoms with Gasteiger partial charge in [0.05, 0.1) is 12.5 Å². The fourth-order valence-electron chi connectivity index (χ4n) is 2.52. The number of nitrogen functional groups attached to an aromatic ring is 1. The van der Waals surface area contributed by atoms with Crippen LogP contribution in [0.25, 0.3) is 22.2 Å². The van der Waals surface area contributed by atoms with Gasteiger partial charge in [-0.15, -0.1) is 0 Å². The summed E-state index contributed by atoms with van der Waals surface area (Å²) in [6.07, 6.45) is 1.43. The van der Waals surface area contributed by atoms with Gasteiger partial charge in [-0.05, 0) is 25.1 Å². The summed E-state index contributed by atoms with van der Waals surface area (Å²) in [4.78, 5) is 8.38. The van der Waals surface area contributed by atoms with Crippen molar-refractivity contribution in [1.82, 2.24) is 14.5 Å². The first-order valence-corrected chi connectivity index (χ1v) is 7.46. The van der Waals surface area contributed by atoms with Gasteiger partial charge in [0.2, 0.25) is 0 Å². The molecule has 0 saturated carbocycles. The van der Waals surface area contributed by atoms with Gasteiger partial charge in [0.1, 0.15) is 28.7 Å². The number of hydrogen-bond acceptors (Lipinski definition) is 4. The quantitative estimate of drug-likeness (QED) is 0.784. The lowest BCUT2D eigenvalue weighted by atomic mass is 10.1. The number of methoxy groups -OCH3 is 1. The van der Waals surface area contributed by atoms with Gasteiger partial charge in [0, 0.05) is 22.7 Å². The van der Waals surface area contributed by atoms with E-state index in [4.69, 9.17) is 33.7 Å². The summed E-state index contributed by atoms with van der Waals surface area (Å²) in [6.45, 7) is 2.65. The average molecular weight is 337 g/mol. The molecule has 2 heterocycles. The fourth-order valence-corrected chi connectivity index (χ4v) is 3.13. The van der Waals surface area contributed by atoms with Gasteiger partial charge in [0.15, 0.2) is 0 Å². The Kier molecular flexibility index (Phi) is 3.85. The molecular formula is C15H14Cl2N4O. The first-order chi connectivity index (χ1) is 10.6. The monoisotopic (exact) mass is 336 g/mol. The van der Waals surface area contributed by atoms with Crippen molar-refractivity contribution >= 4 is 40.1 Å². The topological polar surface area (TPSA) is 66.0 Å². The van der Waals surface area contributed by atoms with Crippen LogP contribution in [-0.4, -0.2) is 21.6 Å². The SMILES string of the molecule is CCn1c(Cl)c(-c2cc(OC)ccc2Cl)c2c(N)ncnc21. The molecule has 0 unspecified atom stereocenters. The molecule has 0 radical (unpaired) electrons. The predicted molar refractivity (Wildman–Crippen MR) is 89.6 cm³/mol. The summed E-state index contributed by atoms with van der Waals surface area (Å²) >= 11 is 12.9. The highest BCUT2D eigenvalue weighted by Gasteiger charge is 2.22. The van der Waals surface area contributed by atoms with E-state index in [1.807, 2.05) is 17.6 Å². The van der Waals surface area contributed by atoms with Crippen LogP contribution in [0.1, 0.15) is 6.92 Å². The Bertz CT molecular complexity index is 860. The summed E-state index contributed by atoms with van der Waals surface area (Å²) in [5, 5.41) is 1.78. The molecule has 0 aliphatic carbocycles. The van der Waals surface area contributed by atoms with Crippen LogP contribution in [0.15, 0.2) is 24.5 Å². The average Bonchev–Trinajstić information content (AvgIpc) is 2.81. The lowest BCUT2D eigenvalue weighted by Crippen LogP contribution is -1.97. The lowest BCUT2D eigenvalue weighted by Gasteiger charge is -2.08. The molecule has 3 aromatic rings. The summed E-state index contributed by atoms with van der Waals surface area (Å²) in [5.74, 6) is 1.05. The van der Waals surface area contributed by atoms with Crippen LogP contribution in [0, 0.1) is 0 Å². The van der Waals surface area contributed by atoms with Crippen molar-refractivity contribution in [1.29, 1.82) is 0 Å². The highest BCUT2D eigenvalue weighted by atomic mass is 35.5. The number of fused-ring (bicyclic) bond motifs is 1. The van der Waals surface area contributed by atoms with Crippen LogP contribution in [0.3, 0.4) is 0 Å². The van der Waals surface area contributed by atoms with Gasteiger partial charge < -0.3 is 15.0 Å². The summed E-state index contributed by atoms with van der Waals surface area (Å²) in [7, 11) is 1.60. The molecule has 0 spiro atoms. The molecule has 22 heavy (non-hydrogen) atoms. The van der Waals surface area contributed by atoms with Crippen LogP contribution in [0.5, 0.6) is 5.75 Å². The highest BCUT2D eigenvalue weighted by molar-refractivity contribution is 6.38. The molecule has 2 N–H and O–H groups in total. The van der Waals surface area contributed by atoms with Crippen LogP contribution < -0.4 is 10.5 Å². The maximum atomic E-state index is 6.57. The second kappa shape index (κ2) is 5.66. The van der Waals surface area contributed by atoms with E-state index >= 15 is 0 Å². The van der Waals surface area contributed by atoms with E-state index in [-0.39, 0.29) is 0 Å². The standard InChI is InChI=1S/C15H14Cl2N4O/c1-3-21-13(17)11(12-14(18)19-7-20-15(12)21)9-6-8(22-2)4-5-10(9)16/h4-7H,3H2,1-2H3,(H2,18,19,20). The molecule has 0 aliphatic heterocycles. The minimum atomic E-state index is 0.369. The molecule has 114 valence electrons. The predicted octanol–water partition coefficient (Wildman–Crippen LogP) is 4.02. The molecule has 0 saturated heterocycles.